The van der Waals surface area contributed by atoms with Crippen molar-refractivity contribution in [2.75, 3.05) is 26.2 Å². The van der Waals surface area contributed by atoms with Gasteiger partial charge < -0.3 is 9.73 Å². The SMILES string of the molecule is Cl.Cl.Clc1cccc(-c2cnc(CN3CCC4(CCNC4)C3)o2)c1. The maximum absolute atomic E-state index is 6.03. The molecule has 3 heterocycles. The van der Waals surface area contributed by atoms with Gasteiger partial charge in [0.05, 0.1) is 12.7 Å². The van der Waals surface area contributed by atoms with Gasteiger partial charge in [-0.25, -0.2) is 4.98 Å². The standard InChI is InChI=1S/C17H20ClN3O.2ClH/c18-14-3-1-2-13(8-14)15-9-20-16(22-15)10-21-7-5-17(12-21)4-6-19-11-17;;/h1-3,8-9,19H,4-7,10-12H2;2*1H. The maximum atomic E-state index is 6.03. The number of hydrogen-bond donors (Lipinski definition) is 1. The third-order valence-corrected chi connectivity index (χ3v) is 5.11. The molecular weight excluding hydrogens is 369 g/mol. The van der Waals surface area contributed by atoms with E-state index >= 15 is 0 Å². The molecule has 0 saturated carbocycles. The first-order valence-electron chi connectivity index (χ1n) is 7.86. The summed E-state index contributed by atoms with van der Waals surface area (Å²) in [5.74, 6) is 1.58. The second-order valence-corrected chi connectivity index (χ2v) is 6.95. The van der Waals surface area contributed by atoms with Gasteiger partial charge in [-0.05, 0) is 43.5 Å². The molecule has 1 spiro atoms. The summed E-state index contributed by atoms with van der Waals surface area (Å²) in [5.41, 5.74) is 1.46. The van der Waals surface area contributed by atoms with Gasteiger partial charge in [0.25, 0.3) is 0 Å². The van der Waals surface area contributed by atoms with Crippen molar-refractivity contribution in [2.24, 2.45) is 5.41 Å². The lowest BCUT2D eigenvalue weighted by atomic mass is 9.87. The van der Waals surface area contributed by atoms with Gasteiger partial charge in [-0.3, -0.25) is 4.90 Å². The lowest BCUT2D eigenvalue weighted by molar-refractivity contribution is 0.248. The Kier molecular flexibility index (Phi) is 6.57. The van der Waals surface area contributed by atoms with Crippen molar-refractivity contribution in [3.8, 4) is 11.3 Å². The van der Waals surface area contributed by atoms with Gasteiger partial charge in [0.1, 0.15) is 0 Å². The largest absolute Gasteiger partial charge is 0.439 e. The molecule has 24 heavy (non-hydrogen) atoms. The van der Waals surface area contributed by atoms with E-state index in [1.165, 1.54) is 12.8 Å². The molecule has 2 aliphatic rings. The Labute approximate surface area is 159 Å². The highest BCUT2D eigenvalue weighted by atomic mass is 35.5. The number of oxazole rings is 1. The van der Waals surface area contributed by atoms with Crippen molar-refractivity contribution in [3.63, 3.8) is 0 Å². The molecule has 132 valence electrons. The monoisotopic (exact) mass is 389 g/mol. The highest BCUT2D eigenvalue weighted by Gasteiger charge is 2.40. The number of halogens is 3. The van der Waals surface area contributed by atoms with Gasteiger partial charge in [-0.15, -0.1) is 24.8 Å². The van der Waals surface area contributed by atoms with Crippen molar-refractivity contribution in [1.82, 2.24) is 15.2 Å². The minimum Gasteiger partial charge on any atom is -0.439 e. The molecule has 4 nitrogen and oxygen atoms in total. The van der Waals surface area contributed by atoms with E-state index in [1.807, 2.05) is 24.3 Å². The maximum Gasteiger partial charge on any atom is 0.209 e. The minimum atomic E-state index is 0. The van der Waals surface area contributed by atoms with Gasteiger partial charge in [-0.2, -0.15) is 0 Å². The second kappa shape index (κ2) is 8.07. The summed E-state index contributed by atoms with van der Waals surface area (Å²) in [4.78, 5) is 6.89. The molecule has 7 heteroatoms. The highest BCUT2D eigenvalue weighted by molar-refractivity contribution is 6.30. The van der Waals surface area contributed by atoms with Crippen molar-refractivity contribution < 1.29 is 4.42 Å². The number of nitrogens with zero attached hydrogens (tertiary/aromatic N) is 2. The molecule has 2 saturated heterocycles. The Morgan fingerprint density at radius 3 is 2.92 bits per heavy atom. The first-order valence-corrected chi connectivity index (χ1v) is 8.24. The summed E-state index contributed by atoms with van der Waals surface area (Å²) >= 11 is 6.03. The van der Waals surface area contributed by atoms with Crippen LogP contribution in [0.1, 0.15) is 18.7 Å². The molecule has 0 radical (unpaired) electrons. The third kappa shape index (κ3) is 4.06. The molecule has 2 aromatic rings. The molecule has 1 N–H and O–H groups in total. The van der Waals surface area contributed by atoms with Crippen LogP contribution in [0.4, 0.5) is 0 Å². The average Bonchev–Trinajstić information content (AvgIpc) is 3.23. The van der Waals surface area contributed by atoms with Crippen LogP contribution in [0.25, 0.3) is 11.3 Å². The van der Waals surface area contributed by atoms with E-state index in [4.69, 9.17) is 16.0 Å². The number of benzene rings is 1. The molecule has 1 atom stereocenters. The number of nitrogens with one attached hydrogen (secondary N) is 1. The summed E-state index contributed by atoms with van der Waals surface area (Å²) in [6.45, 7) is 5.39. The van der Waals surface area contributed by atoms with Crippen LogP contribution in [0.2, 0.25) is 5.02 Å². The molecule has 0 aliphatic carbocycles. The van der Waals surface area contributed by atoms with Crippen LogP contribution in [0, 0.1) is 5.41 Å². The average molecular weight is 391 g/mol. The normalized spacial score (nSPS) is 23.2. The first-order chi connectivity index (χ1) is 10.7. The van der Waals surface area contributed by atoms with Gasteiger partial charge in [0, 0.05) is 23.7 Å². The van der Waals surface area contributed by atoms with Gasteiger partial charge in [-0.1, -0.05) is 23.7 Å². The lowest BCUT2D eigenvalue weighted by Gasteiger charge is -2.22. The van der Waals surface area contributed by atoms with Gasteiger partial charge in [0.15, 0.2) is 5.76 Å². The second-order valence-electron chi connectivity index (χ2n) is 6.52. The predicted molar refractivity (Wildman–Crippen MR) is 101 cm³/mol. The Morgan fingerprint density at radius 1 is 1.29 bits per heavy atom. The molecule has 2 aliphatic heterocycles. The Morgan fingerprint density at radius 2 is 2.17 bits per heavy atom. The number of rotatable bonds is 3. The molecule has 4 rings (SSSR count). The van der Waals surface area contributed by atoms with Crippen molar-refractivity contribution in [1.29, 1.82) is 0 Å². The first kappa shape index (κ1) is 19.5. The van der Waals surface area contributed by atoms with E-state index in [0.717, 1.165) is 49.9 Å². The summed E-state index contributed by atoms with van der Waals surface area (Å²) < 4.78 is 5.91. The van der Waals surface area contributed by atoms with Crippen molar-refractivity contribution in [2.45, 2.75) is 19.4 Å². The minimum absolute atomic E-state index is 0. The zero-order valence-corrected chi connectivity index (χ0v) is 15.7. The summed E-state index contributed by atoms with van der Waals surface area (Å²) in [6.07, 6.45) is 4.37. The van der Waals surface area contributed by atoms with E-state index in [-0.39, 0.29) is 24.8 Å². The van der Waals surface area contributed by atoms with Crippen LogP contribution in [0.3, 0.4) is 0 Å². The number of likely N-dealkylation sites (tertiary alicyclic amines) is 1. The van der Waals surface area contributed by atoms with Crippen LogP contribution >= 0.6 is 36.4 Å². The van der Waals surface area contributed by atoms with E-state index in [2.05, 4.69) is 15.2 Å². The fourth-order valence-corrected chi connectivity index (χ4v) is 3.85. The van der Waals surface area contributed by atoms with Crippen LogP contribution in [-0.2, 0) is 6.54 Å². The van der Waals surface area contributed by atoms with E-state index < -0.39 is 0 Å². The zero-order valence-electron chi connectivity index (χ0n) is 13.3. The van der Waals surface area contributed by atoms with Crippen LogP contribution in [-0.4, -0.2) is 36.1 Å². The van der Waals surface area contributed by atoms with Crippen LogP contribution in [0.5, 0.6) is 0 Å². The van der Waals surface area contributed by atoms with Crippen LogP contribution in [0.15, 0.2) is 34.9 Å². The van der Waals surface area contributed by atoms with Crippen LogP contribution < -0.4 is 5.32 Å². The summed E-state index contributed by atoms with van der Waals surface area (Å²) in [7, 11) is 0. The molecule has 1 aromatic heterocycles. The zero-order chi connectivity index (χ0) is 15.0. The quantitative estimate of drug-likeness (QED) is 0.859. The predicted octanol–water partition coefficient (Wildman–Crippen LogP) is 4.02. The molecule has 0 amide bonds. The summed E-state index contributed by atoms with van der Waals surface area (Å²) in [6, 6.07) is 7.69. The Bertz CT molecular complexity index is 671. The molecule has 1 aromatic carbocycles. The third-order valence-electron chi connectivity index (χ3n) is 4.87. The molecule has 1 unspecified atom stereocenters. The number of hydrogen-bond acceptors (Lipinski definition) is 4. The fraction of sp³-hybridized carbons (Fsp3) is 0.471. The van der Waals surface area contributed by atoms with E-state index in [0.29, 0.717) is 10.4 Å². The van der Waals surface area contributed by atoms with E-state index in [9.17, 15) is 0 Å². The van der Waals surface area contributed by atoms with Crippen molar-refractivity contribution >= 4 is 36.4 Å². The Balaban J connectivity index is 0.00000104. The van der Waals surface area contributed by atoms with Gasteiger partial charge in [0.2, 0.25) is 5.89 Å². The smallest absolute Gasteiger partial charge is 0.209 e. The van der Waals surface area contributed by atoms with Gasteiger partial charge >= 0.3 is 0 Å². The number of aromatic nitrogens is 1. The van der Waals surface area contributed by atoms with E-state index in [1.54, 1.807) is 6.20 Å². The highest BCUT2D eigenvalue weighted by Crippen LogP contribution is 2.36. The summed E-state index contributed by atoms with van der Waals surface area (Å²) in [5, 5.41) is 4.21. The topological polar surface area (TPSA) is 41.3 Å². The lowest BCUT2D eigenvalue weighted by Crippen LogP contribution is -2.29. The fourth-order valence-electron chi connectivity index (χ4n) is 3.66. The Hall–Kier alpha value is -0.780. The molecule has 0 bridgehead atoms. The van der Waals surface area contributed by atoms with Crippen molar-refractivity contribution in [3.05, 3.63) is 41.4 Å². The molecular formula is C17H22Cl3N3O. The molecule has 2 fully saturated rings.